The Morgan fingerprint density at radius 3 is 2.09 bits per heavy atom. The van der Waals surface area contributed by atoms with Crippen molar-refractivity contribution in [1.29, 1.82) is 0 Å². The van der Waals surface area contributed by atoms with Gasteiger partial charge in [0.2, 0.25) is 0 Å². The van der Waals surface area contributed by atoms with Crippen LogP contribution in [0, 0.1) is 0 Å². The lowest BCUT2D eigenvalue weighted by Gasteiger charge is -2.13. The normalized spacial score (nSPS) is 15.5. The van der Waals surface area contributed by atoms with Gasteiger partial charge in [-0.05, 0) is 13.1 Å². The Labute approximate surface area is 64.8 Å². The lowest BCUT2D eigenvalue weighted by molar-refractivity contribution is -0.277. The predicted molar refractivity (Wildman–Crippen MR) is 36.2 cm³/mol. The Balaban J connectivity index is 3.61. The molecule has 3 nitrogen and oxygen atoms in total. The first-order valence-corrected chi connectivity index (χ1v) is 6.64. The summed E-state index contributed by atoms with van der Waals surface area (Å²) in [6.45, 7) is 3.26. The Bertz CT molecular complexity index is 119. The second-order valence-electron chi connectivity index (χ2n) is 1.93. The fourth-order valence-corrected chi connectivity index (χ4v) is 2.08. The molecule has 0 aliphatic rings. The average Bonchev–Trinajstić information content (AvgIpc) is 1.53. The van der Waals surface area contributed by atoms with Crippen LogP contribution in [0.2, 0.25) is 13.1 Å². The average molecular weight is 208 g/mol. The van der Waals surface area contributed by atoms with Crippen molar-refractivity contribution in [1.82, 2.24) is 0 Å². The third-order valence-corrected chi connectivity index (χ3v) is 3.25. The number of hydrogen-bond donors (Lipinski definition) is 1. The van der Waals surface area contributed by atoms with Gasteiger partial charge in [0, 0.05) is 0 Å². The zero-order chi connectivity index (χ0) is 9.07. The highest BCUT2D eigenvalue weighted by Gasteiger charge is 2.34. The van der Waals surface area contributed by atoms with Crippen molar-refractivity contribution in [3.63, 3.8) is 0 Å². The summed E-state index contributed by atoms with van der Waals surface area (Å²) in [5, 5.41) is 0. The summed E-state index contributed by atoms with van der Waals surface area (Å²) in [5.74, 6) is 0. The van der Waals surface area contributed by atoms with Gasteiger partial charge in [-0.3, -0.25) is 0 Å². The molecule has 0 saturated carbocycles. The molecule has 1 N–H and O–H groups in total. The molecule has 68 valence electrons. The highest BCUT2D eigenvalue weighted by atomic mass is 31.2. The highest BCUT2D eigenvalue weighted by Crippen LogP contribution is 2.40. The minimum atomic E-state index is -4.82. The molecule has 0 aliphatic heterocycles. The molecular weight excluding hydrogens is 200 g/mol. The predicted octanol–water partition coefficient (Wildman–Crippen LogP) is 1.74. The van der Waals surface area contributed by atoms with E-state index in [9.17, 15) is 13.2 Å². The van der Waals surface area contributed by atoms with Crippen molar-refractivity contribution in [2.75, 3.05) is 0 Å². The SMILES string of the molecule is C[SiH](C)OP(O)OC(F)(F)F. The molecule has 0 aromatic rings. The second-order valence-corrected chi connectivity index (χ2v) is 5.53. The van der Waals surface area contributed by atoms with Gasteiger partial charge in [-0.2, -0.15) is 0 Å². The number of rotatable bonds is 3. The van der Waals surface area contributed by atoms with Crippen LogP contribution >= 0.6 is 8.60 Å². The van der Waals surface area contributed by atoms with Crippen LogP contribution in [-0.2, 0) is 8.74 Å². The van der Waals surface area contributed by atoms with Gasteiger partial charge in [0.25, 0.3) is 0 Å². The van der Waals surface area contributed by atoms with E-state index >= 15 is 0 Å². The highest BCUT2D eigenvalue weighted by molar-refractivity contribution is 7.42. The lowest BCUT2D eigenvalue weighted by atomic mass is 11.4. The van der Waals surface area contributed by atoms with Crippen molar-refractivity contribution in [3.8, 4) is 0 Å². The van der Waals surface area contributed by atoms with Crippen molar-refractivity contribution >= 4 is 17.6 Å². The first-order chi connectivity index (χ1) is 4.81. The fraction of sp³-hybridized carbons (Fsp3) is 1.00. The van der Waals surface area contributed by atoms with Gasteiger partial charge in [0.05, 0.1) is 0 Å². The van der Waals surface area contributed by atoms with Crippen LogP contribution in [0.15, 0.2) is 0 Å². The molecule has 8 heteroatoms. The molecule has 0 heterocycles. The molecule has 0 radical (unpaired) electrons. The Morgan fingerprint density at radius 1 is 1.36 bits per heavy atom. The molecule has 0 fully saturated rings. The summed E-state index contributed by atoms with van der Waals surface area (Å²) in [6, 6.07) is 0. The number of halogens is 3. The quantitative estimate of drug-likeness (QED) is 0.567. The van der Waals surface area contributed by atoms with Gasteiger partial charge in [-0.15, -0.1) is 13.2 Å². The van der Waals surface area contributed by atoms with Crippen LogP contribution in [0.3, 0.4) is 0 Å². The van der Waals surface area contributed by atoms with Gasteiger partial charge in [-0.1, -0.05) is 0 Å². The summed E-state index contributed by atoms with van der Waals surface area (Å²) in [4.78, 5) is 8.49. The molecule has 1 unspecified atom stereocenters. The van der Waals surface area contributed by atoms with Crippen molar-refractivity contribution in [3.05, 3.63) is 0 Å². The minimum absolute atomic E-state index is 1.63. The molecular formula is C3H8F3O3PSi. The summed E-state index contributed by atoms with van der Waals surface area (Å²) in [6.07, 6.45) is -4.82. The Hall–Kier alpha value is 0.317. The molecule has 11 heavy (non-hydrogen) atoms. The van der Waals surface area contributed by atoms with E-state index in [4.69, 9.17) is 4.89 Å². The molecule has 0 rings (SSSR count). The summed E-state index contributed by atoms with van der Waals surface area (Å²) >= 11 is 0. The van der Waals surface area contributed by atoms with E-state index in [0.29, 0.717) is 0 Å². The molecule has 0 aromatic heterocycles. The van der Waals surface area contributed by atoms with Crippen molar-refractivity contribution < 1.29 is 26.8 Å². The summed E-state index contributed by atoms with van der Waals surface area (Å²) in [7, 11) is -4.44. The third-order valence-electron chi connectivity index (χ3n) is 0.483. The number of hydrogen-bond acceptors (Lipinski definition) is 3. The molecule has 0 aromatic carbocycles. The van der Waals surface area contributed by atoms with Crippen LogP contribution in [0.5, 0.6) is 0 Å². The van der Waals surface area contributed by atoms with E-state index in [2.05, 4.69) is 8.74 Å². The van der Waals surface area contributed by atoms with E-state index in [1.807, 2.05) is 0 Å². The maximum Gasteiger partial charge on any atom is 0.529 e. The van der Waals surface area contributed by atoms with Gasteiger partial charge in [0.1, 0.15) is 0 Å². The van der Waals surface area contributed by atoms with Crippen LogP contribution in [0.25, 0.3) is 0 Å². The first kappa shape index (κ1) is 11.3. The Morgan fingerprint density at radius 2 is 1.82 bits per heavy atom. The molecule has 0 aliphatic carbocycles. The van der Waals surface area contributed by atoms with E-state index in [-0.39, 0.29) is 0 Å². The molecule has 1 atom stereocenters. The van der Waals surface area contributed by atoms with Gasteiger partial charge < -0.3 is 9.11 Å². The molecule has 0 bridgehead atoms. The Kier molecular flexibility index (Phi) is 4.49. The zero-order valence-electron chi connectivity index (χ0n) is 5.92. The van der Waals surface area contributed by atoms with Crippen LogP contribution in [-0.4, -0.2) is 20.3 Å². The van der Waals surface area contributed by atoms with Crippen LogP contribution in [0.4, 0.5) is 13.2 Å². The largest absolute Gasteiger partial charge is 0.529 e. The van der Waals surface area contributed by atoms with Crippen LogP contribution < -0.4 is 0 Å². The van der Waals surface area contributed by atoms with E-state index in [1.54, 1.807) is 13.1 Å². The lowest BCUT2D eigenvalue weighted by Crippen LogP contribution is -2.13. The van der Waals surface area contributed by atoms with Gasteiger partial charge in [-0.25, -0.2) is 4.52 Å². The second kappa shape index (κ2) is 4.37. The summed E-state index contributed by atoms with van der Waals surface area (Å²) < 4.78 is 41.6. The molecule has 0 saturated heterocycles. The fourth-order valence-electron chi connectivity index (χ4n) is 0.290. The van der Waals surface area contributed by atoms with E-state index in [0.717, 1.165) is 0 Å². The van der Waals surface area contributed by atoms with E-state index < -0.39 is 24.0 Å². The molecule has 0 amide bonds. The van der Waals surface area contributed by atoms with Crippen molar-refractivity contribution in [2.24, 2.45) is 0 Å². The van der Waals surface area contributed by atoms with E-state index in [1.165, 1.54) is 0 Å². The maximum atomic E-state index is 11.3. The monoisotopic (exact) mass is 208 g/mol. The van der Waals surface area contributed by atoms with Crippen LogP contribution in [0.1, 0.15) is 0 Å². The maximum absolute atomic E-state index is 11.3. The minimum Gasteiger partial charge on any atom is -0.358 e. The van der Waals surface area contributed by atoms with Gasteiger partial charge in [0.15, 0.2) is 9.04 Å². The summed E-state index contributed by atoms with van der Waals surface area (Å²) in [5.41, 5.74) is 0. The first-order valence-electron chi connectivity index (χ1n) is 2.73. The zero-order valence-corrected chi connectivity index (χ0v) is 7.97. The number of alkyl halides is 3. The smallest absolute Gasteiger partial charge is 0.358 e. The third kappa shape index (κ3) is 8.22. The standard InChI is InChI=1S/C3H8F3O3PSi/c1-11(2)9-10(7)8-3(4,5)6/h7,11H,1-2H3. The van der Waals surface area contributed by atoms with Gasteiger partial charge >= 0.3 is 15.0 Å². The van der Waals surface area contributed by atoms with Crippen molar-refractivity contribution in [2.45, 2.75) is 19.5 Å². The molecule has 0 spiro atoms. The topological polar surface area (TPSA) is 38.7 Å².